The Morgan fingerprint density at radius 1 is 1.12 bits per heavy atom. The molecule has 0 unspecified atom stereocenters. The maximum atomic E-state index is 13.0. The molecule has 0 aliphatic rings. The van der Waals surface area contributed by atoms with Gasteiger partial charge in [-0.1, -0.05) is 51.1 Å². The Hall–Kier alpha value is -1.86. The number of carbonyl (C=O) groups is 2. The third-order valence-electron chi connectivity index (χ3n) is 4.83. The Morgan fingerprint density at radius 3 is 2.08 bits per heavy atom. The first kappa shape index (κ1) is 22.2. The van der Waals surface area contributed by atoms with Crippen LogP contribution in [0.15, 0.2) is 30.3 Å². The molecule has 146 valence electrons. The normalized spacial score (nSPS) is 14.3. The van der Waals surface area contributed by atoms with Crippen LogP contribution in [0.25, 0.3) is 0 Å². The molecule has 0 aliphatic carbocycles. The molecule has 0 bridgehead atoms. The van der Waals surface area contributed by atoms with Crippen LogP contribution in [-0.2, 0) is 14.0 Å². The van der Waals surface area contributed by atoms with Gasteiger partial charge in [-0.3, -0.25) is 4.79 Å². The number of methoxy groups -OCH3 is 1. The second kappa shape index (κ2) is 8.68. The summed E-state index contributed by atoms with van der Waals surface area (Å²) in [7, 11) is 2.40. The molecular weight excluding hydrogens is 348 g/mol. The number of hydrogen-bond acceptors (Lipinski definition) is 4. The zero-order chi connectivity index (χ0) is 20.1. The molecule has 0 spiro atoms. The molecule has 0 aromatic heterocycles. The van der Waals surface area contributed by atoms with E-state index in [-0.39, 0.29) is 10.9 Å². The molecule has 1 aromatic rings. The SMILES string of the molecule is COC(=O)N[C@@H](c1ccccc1)[C@@H](O[Si](C)(C)C(C)(C)C)C(=O)N(C)C. The van der Waals surface area contributed by atoms with Gasteiger partial charge in [-0.25, -0.2) is 4.79 Å². The zero-order valence-electron chi connectivity index (χ0n) is 17.1. The van der Waals surface area contributed by atoms with Crippen LogP contribution in [0, 0.1) is 0 Å². The molecule has 0 radical (unpaired) electrons. The minimum atomic E-state index is -2.27. The molecule has 1 N–H and O–H groups in total. The van der Waals surface area contributed by atoms with Gasteiger partial charge in [-0.15, -0.1) is 0 Å². The Bertz CT molecular complexity index is 612. The molecule has 1 rings (SSSR count). The van der Waals surface area contributed by atoms with Gasteiger partial charge in [0.05, 0.1) is 13.2 Å². The molecule has 0 saturated heterocycles. The predicted molar refractivity (Wildman–Crippen MR) is 105 cm³/mol. The highest BCUT2D eigenvalue weighted by atomic mass is 28.4. The van der Waals surface area contributed by atoms with Crippen LogP contribution >= 0.6 is 0 Å². The summed E-state index contributed by atoms with van der Waals surface area (Å²) in [5, 5.41) is 2.70. The number of ether oxygens (including phenoxy) is 1. The monoisotopic (exact) mass is 380 g/mol. The maximum Gasteiger partial charge on any atom is 0.407 e. The first-order chi connectivity index (χ1) is 11.9. The van der Waals surface area contributed by atoms with Crippen molar-refractivity contribution in [2.45, 2.75) is 51.0 Å². The average Bonchev–Trinajstić information content (AvgIpc) is 2.56. The summed E-state index contributed by atoms with van der Waals surface area (Å²) in [6, 6.07) is 8.70. The number of likely N-dealkylation sites (N-methyl/N-ethyl adjacent to an activating group) is 1. The minimum absolute atomic E-state index is 0.0790. The van der Waals surface area contributed by atoms with E-state index < -0.39 is 26.6 Å². The second-order valence-corrected chi connectivity index (χ2v) is 12.8. The van der Waals surface area contributed by atoms with Gasteiger partial charge in [0.2, 0.25) is 0 Å². The first-order valence-electron chi connectivity index (χ1n) is 8.69. The van der Waals surface area contributed by atoms with E-state index in [4.69, 9.17) is 9.16 Å². The van der Waals surface area contributed by atoms with Crippen LogP contribution < -0.4 is 5.32 Å². The molecule has 7 heteroatoms. The van der Waals surface area contributed by atoms with E-state index >= 15 is 0 Å². The fraction of sp³-hybridized carbons (Fsp3) is 0.579. The van der Waals surface area contributed by atoms with Gasteiger partial charge >= 0.3 is 6.09 Å². The molecule has 1 aromatic carbocycles. The van der Waals surface area contributed by atoms with Gasteiger partial charge in [0.1, 0.15) is 6.10 Å². The van der Waals surface area contributed by atoms with E-state index in [1.807, 2.05) is 30.3 Å². The molecule has 0 fully saturated rings. The predicted octanol–water partition coefficient (Wildman–Crippen LogP) is 3.56. The Morgan fingerprint density at radius 2 is 1.65 bits per heavy atom. The van der Waals surface area contributed by atoms with Crippen molar-refractivity contribution in [3.8, 4) is 0 Å². The quantitative estimate of drug-likeness (QED) is 0.766. The molecule has 0 aliphatic heterocycles. The van der Waals surface area contributed by atoms with Crippen molar-refractivity contribution in [1.82, 2.24) is 10.2 Å². The lowest BCUT2D eigenvalue weighted by atomic mass is 10.0. The van der Waals surface area contributed by atoms with Crippen molar-refractivity contribution in [2.24, 2.45) is 0 Å². The summed E-state index contributed by atoms with van der Waals surface area (Å²) < 4.78 is 11.2. The van der Waals surface area contributed by atoms with Crippen molar-refractivity contribution < 1.29 is 18.8 Å². The van der Waals surface area contributed by atoms with Crippen LogP contribution in [0.5, 0.6) is 0 Å². The molecule has 2 atom stereocenters. The van der Waals surface area contributed by atoms with Crippen LogP contribution in [0.4, 0.5) is 4.79 Å². The van der Waals surface area contributed by atoms with E-state index in [1.54, 1.807) is 14.1 Å². The van der Waals surface area contributed by atoms with Crippen LogP contribution in [-0.4, -0.2) is 52.5 Å². The maximum absolute atomic E-state index is 13.0. The minimum Gasteiger partial charge on any atom is -0.453 e. The van der Waals surface area contributed by atoms with Crippen molar-refractivity contribution >= 4 is 20.3 Å². The summed E-state index contributed by atoms with van der Waals surface area (Å²) in [6.45, 7) is 10.5. The van der Waals surface area contributed by atoms with E-state index in [0.717, 1.165) is 5.56 Å². The number of amides is 2. The number of carbonyl (C=O) groups excluding carboxylic acids is 2. The number of hydrogen-bond donors (Lipinski definition) is 1. The largest absolute Gasteiger partial charge is 0.453 e. The van der Waals surface area contributed by atoms with Gasteiger partial charge in [0.15, 0.2) is 8.32 Å². The van der Waals surface area contributed by atoms with Gasteiger partial charge in [-0.2, -0.15) is 0 Å². The lowest BCUT2D eigenvalue weighted by molar-refractivity contribution is -0.138. The van der Waals surface area contributed by atoms with Gasteiger partial charge < -0.3 is 19.4 Å². The smallest absolute Gasteiger partial charge is 0.407 e. The average molecular weight is 381 g/mol. The highest BCUT2D eigenvalue weighted by molar-refractivity contribution is 6.74. The van der Waals surface area contributed by atoms with Crippen LogP contribution in [0.3, 0.4) is 0 Å². The van der Waals surface area contributed by atoms with Crippen LogP contribution in [0.1, 0.15) is 32.4 Å². The van der Waals surface area contributed by atoms with E-state index in [0.29, 0.717) is 0 Å². The number of rotatable bonds is 6. The van der Waals surface area contributed by atoms with Gasteiger partial charge in [-0.05, 0) is 23.7 Å². The molecule has 0 heterocycles. The zero-order valence-corrected chi connectivity index (χ0v) is 18.1. The number of alkyl carbamates (subject to hydrolysis) is 1. The van der Waals surface area contributed by atoms with E-state index in [2.05, 4.69) is 39.2 Å². The topological polar surface area (TPSA) is 67.9 Å². The van der Waals surface area contributed by atoms with Gasteiger partial charge in [0.25, 0.3) is 5.91 Å². The summed E-state index contributed by atoms with van der Waals surface area (Å²) in [5.41, 5.74) is 0.789. The lowest BCUT2D eigenvalue weighted by Gasteiger charge is -2.41. The van der Waals surface area contributed by atoms with Crippen molar-refractivity contribution in [1.29, 1.82) is 0 Å². The van der Waals surface area contributed by atoms with Gasteiger partial charge in [0, 0.05) is 14.1 Å². The third-order valence-corrected chi connectivity index (χ3v) is 9.29. The molecule has 2 amide bonds. The second-order valence-electron chi connectivity index (χ2n) is 8.06. The number of benzene rings is 1. The Labute approximate surface area is 158 Å². The Balaban J connectivity index is 3.37. The summed E-state index contributed by atoms with van der Waals surface area (Å²) in [4.78, 5) is 26.4. The molecule has 26 heavy (non-hydrogen) atoms. The highest BCUT2D eigenvalue weighted by Gasteiger charge is 2.44. The molecule has 6 nitrogen and oxygen atoms in total. The summed E-state index contributed by atoms with van der Waals surface area (Å²) in [6.07, 6.45) is -1.44. The first-order valence-corrected chi connectivity index (χ1v) is 11.6. The molecular formula is C19H32N2O4Si. The Kier molecular flexibility index (Phi) is 7.41. The highest BCUT2D eigenvalue weighted by Crippen LogP contribution is 2.39. The fourth-order valence-corrected chi connectivity index (χ4v) is 3.42. The fourth-order valence-electron chi connectivity index (χ4n) is 2.19. The lowest BCUT2D eigenvalue weighted by Crippen LogP contribution is -2.53. The van der Waals surface area contributed by atoms with Crippen molar-refractivity contribution in [2.75, 3.05) is 21.2 Å². The van der Waals surface area contributed by atoms with Crippen molar-refractivity contribution in [3.05, 3.63) is 35.9 Å². The van der Waals surface area contributed by atoms with E-state index in [1.165, 1.54) is 12.0 Å². The summed E-state index contributed by atoms with van der Waals surface area (Å²) >= 11 is 0. The van der Waals surface area contributed by atoms with Crippen molar-refractivity contribution in [3.63, 3.8) is 0 Å². The van der Waals surface area contributed by atoms with E-state index in [9.17, 15) is 9.59 Å². The van der Waals surface area contributed by atoms with Crippen LogP contribution in [0.2, 0.25) is 18.1 Å². The number of nitrogens with one attached hydrogen (secondary N) is 1. The molecule has 0 saturated carbocycles. The third kappa shape index (κ3) is 5.57. The summed E-state index contributed by atoms with van der Waals surface area (Å²) in [5.74, 6) is -0.194. The number of nitrogens with zero attached hydrogens (tertiary/aromatic N) is 1. The standard InChI is InChI=1S/C19H32N2O4Si/c1-19(2,3)26(7,8)25-16(17(22)21(4)5)15(20-18(23)24-6)14-12-10-9-11-13-14/h9-13,15-16H,1-8H3,(H,20,23)/t15-,16+/m0/s1.